The minimum atomic E-state index is -3.96. The third-order valence-electron chi connectivity index (χ3n) is 5.32. The number of benzene rings is 4. The van der Waals surface area contributed by atoms with Gasteiger partial charge in [-0.05, 0) is 72.3 Å². The summed E-state index contributed by atoms with van der Waals surface area (Å²) in [6.07, 6.45) is 1.36. The Balaban J connectivity index is 1.44. The average Bonchev–Trinajstić information content (AvgIpc) is 2.94. The van der Waals surface area contributed by atoms with E-state index in [9.17, 15) is 18.0 Å². The normalized spacial score (nSPS) is 11.1. The van der Waals surface area contributed by atoms with Crippen LogP contribution in [0.3, 0.4) is 0 Å². The Labute approximate surface area is 230 Å². The summed E-state index contributed by atoms with van der Waals surface area (Å²) in [5.74, 6) is -0.667. The Bertz CT molecular complexity index is 1630. The first-order valence-electron chi connectivity index (χ1n) is 11.4. The molecule has 4 aromatic rings. The lowest BCUT2D eigenvalue weighted by Gasteiger charge is -2.12. The fraction of sp³-hybridized carbons (Fsp3) is 0.0357. The van der Waals surface area contributed by atoms with Crippen LogP contribution < -0.4 is 19.6 Å². The van der Waals surface area contributed by atoms with Crippen molar-refractivity contribution < 1.29 is 27.5 Å². The summed E-state index contributed by atoms with van der Waals surface area (Å²) in [5, 5.41) is 4.35. The first-order valence-corrected chi connectivity index (χ1v) is 13.3. The number of ether oxygens (including phenoxy) is 2. The van der Waals surface area contributed by atoms with Crippen LogP contribution in [0, 0.1) is 0 Å². The van der Waals surface area contributed by atoms with E-state index >= 15 is 0 Å². The van der Waals surface area contributed by atoms with Gasteiger partial charge < -0.3 is 9.47 Å². The molecule has 1 amide bonds. The molecule has 11 heteroatoms. The fourth-order valence-corrected chi connectivity index (χ4v) is 4.60. The molecule has 9 nitrogen and oxygen atoms in total. The van der Waals surface area contributed by atoms with E-state index in [0.29, 0.717) is 16.1 Å². The predicted octanol–water partition coefficient (Wildman–Crippen LogP) is 5.13. The molecular formula is C28H22ClN3O6S. The van der Waals surface area contributed by atoms with Crippen LogP contribution in [0.2, 0.25) is 5.02 Å². The molecule has 0 spiro atoms. The second kappa shape index (κ2) is 12.2. The molecule has 0 aliphatic heterocycles. The molecule has 0 aliphatic carbocycles. The summed E-state index contributed by atoms with van der Waals surface area (Å²) in [6, 6.07) is 25.0. The number of hydrogen-bond acceptors (Lipinski definition) is 7. The lowest BCUT2D eigenvalue weighted by Crippen LogP contribution is -2.21. The molecule has 0 aromatic heterocycles. The van der Waals surface area contributed by atoms with E-state index in [1.165, 1.54) is 49.7 Å². The number of sulfonamides is 1. The van der Waals surface area contributed by atoms with Crippen LogP contribution in [0.4, 0.5) is 5.69 Å². The van der Waals surface area contributed by atoms with Gasteiger partial charge in [-0.2, -0.15) is 5.10 Å². The lowest BCUT2D eigenvalue weighted by atomic mass is 10.2. The molecule has 0 saturated carbocycles. The van der Waals surface area contributed by atoms with Crippen molar-refractivity contribution in [1.82, 2.24) is 5.43 Å². The molecule has 0 bridgehead atoms. The van der Waals surface area contributed by atoms with Crippen molar-refractivity contribution in [2.75, 3.05) is 11.8 Å². The van der Waals surface area contributed by atoms with Crippen molar-refractivity contribution in [2.24, 2.45) is 5.10 Å². The van der Waals surface area contributed by atoms with Gasteiger partial charge in [-0.3, -0.25) is 9.52 Å². The van der Waals surface area contributed by atoms with Crippen molar-refractivity contribution in [3.8, 4) is 11.5 Å². The highest BCUT2D eigenvalue weighted by atomic mass is 35.5. The summed E-state index contributed by atoms with van der Waals surface area (Å²) < 4.78 is 38.7. The number of rotatable bonds is 9. The van der Waals surface area contributed by atoms with Gasteiger partial charge in [-0.1, -0.05) is 41.9 Å². The smallest absolute Gasteiger partial charge is 0.343 e. The van der Waals surface area contributed by atoms with Gasteiger partial charge in [0.2, 0.25) is 0 Å². The molecule has 0 heterocycles. The minimum Gasteiger partial charge on any atom is -0.493 e. The Hall–Kier alpha value is -4.67. The van der Waals surface area contributed by atoms with E-state index in [1.807, 2.05) is 0 Å². The maximum Gasteiger partial charge on any atom is 0.343 e. The number of anilines is 1. The summed E-state index contributed by atoms with van der Waals surface area (Å²) >= 11 is 5.84. The Morgan fingerprint density at radius 1 is 0.872 bits per heavy atom. The van der Waals surface area contributed by atoms with E-state index in [1.54, 1.807) is 60.7 Å². The van der Waals surface area contributed by atoms with Crippen molar-refractivity contribution in [3.05, 3.63) is 119 Å². The molecule has 39 heavy (non-hydrogen) atoms. The number of carbonyl (C=O) groups is 2. The second-order valence-electron chi connectivity index (χ2n) is 7.97. The van der Waals surface area contributed by atoms with Crippen molar-refractivity contribution in [1.29, 1.82) is 0 Å². The predicted molar refractivity (Wildman–Crippen MR) is 148 cm³/mol. The minimum absolute atomic E-state index is 0.00743. The number of hydrogen-bond donors (Lipinski definition) is 2. The Morgan fingerprint density at radius 2 is 1.56 bits per heavy atom. The molecule has 198 valence electrons. The number of hydrazone groups is 1. The van der Waals surface area contributed by atoms with Gasteiger partial charge in [0.05, 0.1) is 35.0 Å². The molecule has 2 N–H and O–H groups in total. The topological polar surface area (TPSA) is 123 Å². The van der Waals surface area contributed by atoms with Gasteiger partial charge >= 0.3 is 5.97 Å². The molecule has 0 saturated heterocycles. The number of nitrogens with one attached hydrogen (secondary N) is 2. The average molecular weight is 564 g/mol. The van der Waals surface area contributed by atoms with Crippen molar-refractivity contribution in [3.63, 3.8) is 0 Å². The monoisotopic (exact) mass is 563 g/mol. The Kier molecular flexibility index (Phi) is 8.60. The largest absolute Gasteiger partial charge is 0.493 e. The number of amides is 1. The number of carbonyl (C=O) groups excluding carboxylic acids is 2. The zero-order valence-corrected chi connectivity index (χ0v) is 22.1. The molecule has 4 rings (SSSR count). The van der Waals surface area contributed by atoms with Gasteiger partial charge in [0.25, 0.3) is 15.9 Å². The van der Waals surface area contributed by atoms with E-state index in [-0.39, 0.29) is 27.6 Å². The van der Waals surface area contributed by atoms with Crippen LogP contribution in [0.15, 0.2) is 107 Å². The number of esters is 1. The third-order valence-corrected chi connectivity index (χ3v) is 6.95. The van der Waals surface area contributed by atoms with E-state index < -0.39 is 21.9 Å². The lowest BCUT2D eigenvalue weighted by molar-refractivity contribution is 0.0729. The highest BCUT2D eigenvalue weighted by Gasteiger charge is 2.18. The van der Waals surface area contributed by atoms with Crippen LogP contribution >= 0.6 is 11.6 Å². The van der Waals surface area contributed by atoms with Gasteiger partial charge in [-0.15, -0.1) is 0 Å². The van der Waals surface area contributed by atoms with Crippen LogP contribution in [0.25, 0.3) is 0 Å². The van der Waals surface area contributed by atoms with E-state index in [4.69, 9.17) is 21.1 Å². The standard InChI is InChI=1S/C28H22ClN3O6S/c1-37-26-17-19(11-16-25(26)38-28(34)20-7-3-2-4-8-20)18-30-31-27(33)23-9-5-6-10-24(23)32-39(35,36)22-14-12-21(29)13-15-22/h2-18,32H,1H3,(H,31,33). The Morgan fingerprint density at radius 3 is 2.28 bits per heavy atom. The highest BCUT2D eigenvalue weighted by Crippen LogP contribution is 2.28. The van der Waals surface area contributed by atoms with Gasteiger partial charge in [-0.25, -0.2) is 18.6 Å². The third kappa shape index (κ3) is 7.01. The van der Waals surface area contributed by atoms with Crippen LogP contribution in [0.5, 0.6) is 11.5 Å². The SMILES string of the molecule is COc1cc(C=NNC(=O)c2ccccc2NS(=O)(=O)c2ccc(Cl)cc2)ccc1OC(=O)c1ccccc1. The molecule has 0 fully saturated rings. The zero-order valence-electron chi connectivity index (χ0n) is 20.5. The summed E-state index contributed by atoms with van der Waals surface area (Å²) in [5.41, 5.74) is 3.45. The van der Waals surface area contributed by atoms with Crippen molar-refractivity contribution >= 4 is 45.4 Å². The zero-order chi connectivity index (χ0) is 27.8. The molecule has 0 unspecified atom stereocenters. The molecule has 0 atom stereocenters. The van der Waals surface area contributed by atoms with E-state index in [0.717, 1.165) is 0 Å². The summed E-state index contributed by atoms with van der Waals surface area (Å²) in [7, 11) is -2.53. The molecule has 0 radical (unpaired) electrons. The van der Waals surface area contributed by atoms with Gasteiger partial charge in [0, 0.05) is 5.02 Å². The van der Waals surface area contributed by atoms with Crippen LogP contribution in [-0.2, 0) is 10.0 Å². The summed E-state index contributed by atoms with van der Waals surface area (Å²) in [4.78, 5) is 25.1. The maximum absolute atomic E-state index is 12.8. The number of methoxy groups -OCH3 is 1. The number of nitrogens with zero attached hydrogens (tertiary/aromatic N) is 1. The molecule has 4 aromatic carbocycles. The number of para-hydroxylation sites is 1. The number of halogens is 1. The highest BCUT2D eigenvalue weighted by molar-refractivity contribution is 7.92. The first kappa shape index (κ1) is 27.4. The maximum atomic E-state index is 12.8. The quantitative estimate of drug-likeness (QED) is 0.126. The van der Waals surface area contributed by atoms with Gasteiger partial charge in [0.1, 0.15) is 0 Å². The summed E-state index contributed by atoms with van der Waals surface area (Å²) in [6.45, 7) is 0. The van der Waals surface area contributed by atoms with Crippen molar-refractivity contribution in [2.45, 2.75) is 4.90 Å². The molecule has 0 aliphatic rings. The van der Waals surface area contributed by atoms with Gasteiger partial charge in [0.15, 0.2) is 11.5 Å². The fourth-order valence-electron chi connectivity index (χ4n) is 3.40. The van der Waals surface area contributed by atoms with Crippen LogP contribution in [0.1, 0.15) is 26.3 Å². The molecular weight excluding hydrogens is 542 g/mol. The van der Waals surface area contributed by atoms with Crippen LogP contribution in [-0.4, -0.2) is 33.6 Å². The van der Waals surface area contributed by atoms with E-state index in [2.05, 4.69) is 15.2 Å². The first-order chi connectivity index (χ1) is 18.8. The second-order valence-corrected chi connectivity index (χ2v) is 10.1.